The van der Waals surface area contributed by atoms with Crippen LogP contribution < -0.4 is 10.6 Å². The molecule has 3 heteroatoms. The third kappa shape index (κ3) is 2.41. The van der Waals surface area contributed by atoms with Gasteiger partial charge in [-0.1, -0.05) is 32.4 Å². The summed E-state index contributed by atoms with van der Waals surface area (Å²) in [6.07, 6.45) is 5.59. The largest absolute Gasteiger partial charge is 0.383 e. The maximum Gasteiger partial charge on any atom is 0.228 e. The molecule has 20 heavy (non-hydrogen) atoms. The van der Waals surface area contributed by atoms with Crippen LogP contribution in [0.5, 0.6) is 0 Å². The maximum absolute atomic E-state index is 12.6. The normalized spacial score (nSPS) is 23.8. The predicted octanol–water partition coefficient (Wildman–Crippen LogP) is 3.81. The number of hydrogen-bond acceptors (Lipinski definition) is 2. The summed E-state index contributed by atoms with van der Waals surface area (Å²) in [5.74, 6) is 0.329. The third-order valence-corrected chi connectivity index (χ3v) is 4.91. The highest BCUT2D eigenvalue weighted by atomic mass is 16.1. The Kier molecular flexibility index (Phi) is 3.45. The predicted molar refractivity (Wildman–Crippen MR) is 83.0 cm³/mol. The van der Waals surface area contributed by atoms with Crippen LogP contribution in [0, 0.1) is 11.3 Å². The molecule has 3 nitrogen and oxygen atoms in total. The highest BCUT2D eigenvalue weighted by Crippen LogP contribution is 2.43. The Balaban J connectivity index is 1.80. The molecule has 2 aliphatic rings. The Bertz CT molecular complexity index is 522. The molecule has 1 amide bonds. The number of benzene rings is 1. The average molecular weight is 272 g/mol. The summed E-state index contributed by atoms with van der Waals surface area (Å²) >= 11 is 0. The number of fused-ring (bicyclic) bond motifs is 1. The molecule has 0 saturated heterocycles. The minimum absolute atomic E-state index is 0.131. The van der Waals surface area contributed by atoms with E-state index in [1.54, 1.807) is 0 Å². The smallest absolute Gasteiger partial charge is 0.228 e. The van der Waals surface area contributed by atoms with Crippen molar-refractivity contribution in [2.75, 3.05) is 17.2 Å². The lowest BCUT2D eigenvalue weighted by molar-refractivity contribution is -0.122. The van der Waals surface area contributed by atoms with Gasteiger partial charge in [0, 0.05) is 12.5 Å². The monoisotopic (exact) mass is 272 g/mol. The van der Waals surface area contributed by atoms with Crippen molar-refractivity contribution in [3.8, 4) is 0 Å². The lowest BCUT2D eigenvalue weighted by Gasteiger charge is -2.27. The SMILES string of the molecule is CC1(C)CCCC1C(=O)Nc1cccc2c1NCCC2. The summed E-state index contributed by atoms with van der Waals surface area (Å²) in [6.45, 7) is 5.42. The second-order valence-electron chi connectivity index (χ2n) is 6.79. The third-order valence-electron chi connectivity index (χ3n) is 4.91. The van der Waals surface area contributed by atoms with Crippen LogP contribution >= 0.6 is 0 Å². The Labute approximate surface area is 121 Å². The Morgan fingerprint density at radius 2 is 2.20 bits per heavy atom. The molecule has 1 heterocycles. The van der Waals surface area contributed by atoms with Crippen molar-refractivity contribution in [1.29, 1.82) is 0 Å². The molecule has 1 aliphatic carbocycles. The first kappa shape index (κ1) is 13.5. The van der Waals surface area contributed by atoms with Crippen LogP contribution in [0.25, 0.3) is 0 Å². The highest BCUT2D eigenvalue weighted by Gasteiger charge is 2.39. The van der Waals surface area contributed by atoms with E-state index >= 15 is 0 Å². The van der Waals surface area contributed by atoms with Gasteiger partial charge in [0.2, 0.25) is 5.91 Å². The molecule has 1 aromatic rings. The number of carbonyl (C=O) groups is 1. The maximum atomic E-state index is 12.6. The van der Waals surface area contributed by atoms with Crippen LogP contribution in [0.2, 0.25) is 0 Å². The second kappa shape index (κ2) is 5.12. The minimum Gasteiger partial charge on any atom is -0.383 e. The topological polar surface area (TPSA) is 41.1 Å². The second-order valence-corrected chi connectivity index (χ2v) is 6.79. The van der Waals surface area contributed by atoms with Crippen LogP contribution in [0.15, 0.2) is 18.2 Å². The average Bonchev–Trinajstić information content (AvgIpc) is 2.79. The van der Waals surface area contributed by atoms with Crippen LogP contribution in [-0.4, -0.2) is 12.5 Å². The molecule has 0 radical (unpaired) electrons. The minimum atomic E-state index is 0.131. The summed E-state index contributed by atoms with van der Waals surface area (Å²) < 4.78 is 0. The van der Waals surface area contributed by atoms with Crippen molar-refractivity contribution in [3.05, 3.63) is 23.8 Å². The van der Waals surface area contributed by atoms with Gasteiger partial charge in [0.15, 0.2) is 0 Å². The number of rotatable bonds is 2. The molecule has 108 valence electrons. The van der Waals surface area contributed by atoms with Crippen molar-refractivity contribution in [2.24, 2.45) is 11.3 Å². The fourth-order valence-corrected chi connectivity index (χ4v) is 3.65. The zero-order valence-electron chi connectivity index (χ0n) is 12.5. The standard InChI is InChI=1S/C17H24N2O/c1-17(2)10-4-8-13(17)16(20)19-14-9-3-6-12-7-5-11-18-15(12)14/h3,6,9,13,18H,4-5,7-8,10-11H2,1-2H3,(H,19,20). The van der Waals surface area contributed by atoms with Crippen molar-refractivity contribution in [2.45, 2.75) is 46.0 Å². The van der Waals surface area contributed by atoms with Gasteiger partial charge in [-0.05, 0) is 42.7 Å². The molecule has 0 spiro atoms. The summed E-state index contributed by atoms with van der Waals surface area (Å²) in [7, 11) is 0. The van der Waals surface area contributed by atoms with Gasteiger partial charge in [-0.3, -0.25) is 4.79 Å². The molecule has 3 rings (SSSR count). The lowest BCUT2D eigenvalue weighted by atomic mass is 9.81. The van der Waals surface area contributed by atoms with Crippen LogP contribution in [-0.2, 0) is 11.2 Å². The Morgan fingerprint density at radius 1 is 1.35 bits per heavy atom. The van der Waals surface area contributed by atoms with Gasteiger partial charge in [0.05, 0.1) is 11.4 Å². The number of para-hydroxylation sites is 1. The van der Waals surface area contributed by atoms with Gasteiger partial charge >= 0.3 is 0 Å². The van der Waals surface area contributed by atoms with E-state index in [-0.39, 0.29) is 17.2 Å². The summed E-state index contributed by atoms with van der Waals surface area (Å²) in [4.78, 5) is 12.6. The van der Waals surface area contributed by atoms with E-state index in [1.165, 1.54) is 12.0 Å². The lowest BCUT2D eigenvalue weighted by Crippen LogP contribution is -2.31. The molecule has 0 bridgehead atoms. The molecular formula is C17H24N2O. The molecule has 2 N–H and O–H groups in total. The molecular weight excluding hydrogens is 248 g/mol. The van der Waals surface area contributed by atoms with Gasteiger partial charge < -0.3 is 10.6 Å². The van der Waals surface area contributed by atoms with E-state index in [2.05, 4.69) is 30.5 Å². The number of aryl methyl sites for hydroxylation is 1. The Hall–Kier alpha value is -1.51. The van der Waals surface area contributed by atoms with E-state index in [0.29, 0.717) is 0 Å². The first-order valence-corrected chi connectivity index (χ1v) is 7.74. The van der Waals surface area contributed by atoms with E-state index in [1.807, 2.05) is 12.1 Å². The molecule has 1 unspecified atom stereocenters. The fourth-order valence-electron chi connectivity index (χ4n) is 3.65. The van der Waals surface area contributed by atoms with Crippen LogP contribution in [0.3, 0.4) is 0 Å². The summed E-state index contributed by atoms with van der Waals surface area (Å²) in [6, 6.07) is 6.20. The molecule has 1 aromatic carbocycles. The highest BCUT2D eigenvalue weighted by molar-refractivity contribution is 5.96. The summed E-state index contributed by atoms with van der Waals surface area (Å²) in [5.41, 5.74) is 3.53. The van der Waals surface area contributed by atoms with Gasteiger partial charge in [-0.25, -0.2) is 0 Å². The van der Waals surface area contributed by atoms with Crippen LogP contribution in [0.1, 0.15) is 45.1 Å². The number of hydrogen-bond donors (Lipinski definition) is 2. The number of nitrogens with one attached hydrogen (secondary N) is 2. The summed E-state index contributed by atoms with van der Waals surface area (Å²) in [5, 5.41) is 6.60. The van der Waals surface area contributed by atoms with Crippen molar-refractivity contribution in [3.63, 3.8) is 0 Å². The first-order valence-electron chi connectivity index (χ1n) is 7.74. The zero-order valence-corrected chi connectivity index (χ0v) is 12.5. The van der Waals surface area contributed by atoms with Crippen molar-refractivity contribution >= 4 is 17.3 Å². The van der Waals surface area contributed by atoms with Crippen LogP contribution in [0.4, 0.5) is 11.4 Å². The van der Waals surface area contributed by atoms with Gasteiger partial charge in [-0.2, -0.15) is 0 Å². The zero-order chi connectivity index (χ0) is 14.2. The fraction of sp³-hybridized carbons (Fsp3) is 0.588. The van der Waals surface area contributed by atoms with Gasteiger partial charge in [-0.15, -0.1) is 0 Å². The van der Waals surface area contributed by atoms with Crippen molar-refractivity contribution < 1.29 is 4.79 Å². The number of amides is 1. The van der Waals surface area contributed by atoms with E-state index in [4.69, 9.17) is 0 Å². The van der Waals surface area contributed by atoms with Gasteiger partial charge in [0.25, 0.3) is 0 Å². The number of carbonyl (C=O) groups excluding carboxylic acids is 1. The van der Waals surface area contributed by atoms with Crippen molar-refractivity contribution in [1.82, 2.24) is 0 Å². The van der Waals surface area contributed by atoms with E-state index in [0.717, 1.165) is 43.6 Å². The Morgan fingerprint density at radius 3 is 2.95 bits per heavy atom. The quantitative estimate of drug-likeness (QED) is 0.859. The first-order chi connectivity index (χ1) is 9.58. The van der Waals surface area contributed by atoms with Gasteiger partial charge in [0.1, 0.15) is 0 Å². The van der Waals surface area contributed by atoms with E-state index in [9.17, 15) is 4.79 Å². The van der Waals surface area contributed by atoms with E-state index < -0.39 is 0 Å². The molecule has 1 aliphatic heterocycles. The molecule has 1 atom stereocenters. The molecule has 1 saturated carbocycles. The number of anilines is 2. The molecule has 1 fully saturated rings. The molecule has 0 aromatic heterocycles.